The predicted octanol–water partition coefficient (Wildman–Crippen LogP) is 0.575. The number of benzene rings is 1. The summed E-state index contributed by atoms with van der Waals surface area (Å²) in [6.45, 7) is 0.134. The highest BCUT2D eigenvalue weighted by molar-refractivity contribution is 6.02. The van der Waals surface area contributed by atoms with E-state index in [0.29, 0.717) is 10.9 Å². The van der Waals surface area contributed by atoms with Crippen molar-refractivity contribution in [2.45, 2.75) is 13.0 Å². The Hall–Kier alpha value is -2.63. The zero-order chi connectivity index (χ0) is 14.0. The third-order valence-electron chi connectivity index (χ3n) is 2.83. The van der Waals surface area contributed by atoms with Crippen LogP contribution in [0.1, 0.15) is 16.8 Å². The summed E-state index contributed by atoms with van der Waals surface area (Å²) in [7, 11) is 0. The first kappa shape index (κ1) is 12.8. The van der Waals surface area contributed by atoms with E-state index >= 15 is 0 Å². The maximum atomic E-state index is 11.9. The van der Waals surface area contributed by atoms with Gasteiger partial charge in [-0.15, -0.1) is 0 Å². The van der Waals surface area contributed by atoms with Gasteiger partial charge < -0.3 is 15.4 Å². The van der Waals surface area contributed by atoms with Crippen LogP contribution in [0.15, 0.2) is 35.1 Å². The second-order valence-electron chi connectivity index (χ2n) is 4.09. The fourth-order valence-electron chi connectivity index (χ4n) is 1.96. The van der Waals surface area contributed by atoms with Gasteiger partial charge in [0.05, 0.1) is 11.1 Å². The van der Waals surface area contributed by atoms with E-state index in [2.05, 4.69) is 0 Å². The van der Waals surface area contributed by atoms with Gasteiger partial charge in [-0.3, -0.25) is 9.59 Å². The SMILES string of the molecule is NC(=O)CCn1c(=O)cc(C(=O)O)c2ccccc21. The first-order chi connectivity index (χ1) is 9.00. The van der Waals surface area contributed by atoms with Crippen molar-refractivity contribution in [2.24, 2.45) is 5.73 Å². The first-order valence-electron chi connectivity index (χ1n) is 5.65. The fraction of sp³-hybridized carbons (Fsp3) is 0.154. The molecule has 1 amide bonds. The molecule has 0 fully saturated rings. The number of carboxylic acids is 1. The molecule has 0 saturated heterocycles. The zero-order valence-corrected chi connectivity index (χ0v) is 10.00. The summed E-state index contributed by atoms with van der Waals surface area (Å²) in [5, 5.41) is 9.55. The van der Waals surface area contributed by atoms with Crippen molar-refractivity contribution < 1.29 is 14.7 Å². The van der Waals surface area contributed by atoms with E-state index in [-0.39, 0.29) is 18.5 Å². The van der Waals surface area contributed by atoms with Gasteiger partial charge in [0.15, 0.2) is 0 Å². The zero-order valence-electron chi connectivity index (χ0n) is 10.00. The summed E-state index contributed by atoms with van der Waals surface area (Å²) in [6, 6.07) is 7.72. The van der Waals surface area contributed by atoms with Crippen LogP contribution in [-0.4, -0.2) is 21.6 Å². The van der Waals surface area contributed by atoms with E-state index in [1.165, 1.54) is 4.57 Å². The summed E-state index contributed by atoms with van der Waals surface area (Å²) < 4.78 is 1.35. The number of carboxylic acid groups (broad SMARTS) is 1. The number of hydrogen-bond donors (Lipinski definition) is 2. The highest BCUT2D eigenvalue weighted by atomic mass is 16.4. The molecule has 6 nitrogen and oxygen atoms in total. The van der Waals surface area contributed by atoms with E-state index in [0.717, 1.165) is 6.07 Å². The lowest BCUT2D eigenvalue weighted by Crippen LogP contribution is -2.24. The van der Waals surface area contributed by atoms with Crippen LogP contribution in [0.3, 0.4) is 0 Å². The number of carbonyl (C=O) groups excluding carboxylic acids is 1. The van der Waals surface area contributed by atoms with Crippen molar-refractivity contribution >= 4 is 22.8 Å². The van der Waals surface area contributed by atoms with Gasteiger partial charge in [-0.25, -0.2) is 4.79 Å². The van der Waals surface area contributed by atoms with Crippen LogP contribution in [0.25, 0.3) is 10.9 Å². The number of nitrogens with zero attached hydrogens (tertiary/aromatic N) is 1. The number of aromatic nitrogens is 1. The van der Waals surface area contributed by atoms with Crippen LogP contribution in [-0.2, 0) is 11.3 Å². The minimum absolute atomic E-state index is 0.0241. The predicted molar refractivity (Wildman–Crippen MR) is 69.0 cm³/mol. The maximum absolute atomic E-state index is 11.9. The Morgan fingerprint density at radius 3 is 2.58 bits per heavy atom. The maximum Gasteiger partial charge on any atom is 0.336 e. The summed E-state index contributed by atoms with van der Waals surface area (Å²) >= 11 is 0. The van der Waals surface area contributed by atoms with Crippen LogP contribution in [0.4, 0.5) is 0 Å². The molecule has 0 radical (unpaired) electrons. The molecule has 0 saturated carbocycles. The molecule has 98 valence electrons. The van der Waals surface area contributed by atoms with Crippen molar-refractivity contribution in [1.29, 1.82) is 0 Å². The molecule has 1 aromatic heterocycles. The molecule has 0 aliphatic rings. The number of rotatable bonds is 4. The standard InChI is InChI=1S/C13H12N2O4/c14-11(16)5-6-15-10-4-2-1-3-8(10)9(13(18)19)7-12(15)17/h1-4,7H,5-6H2,(H2,14,16)(H,18,19). The Labute approximate surface area is 108 Å². The van der Waals surface area contributed by atoms with Gasteiger partial charge in [-0.2, -0.15) is 0 Å². The molecule has 19 heavy (non-hydrogen) atoms. The first-order valence-corrected chi connectivity index (χ1v) is 5.65. The van der Waals surface area contributed by atoms with Crippen LogP contribution < -0.4 is 11.3 Å². The number of aryl methyl sites for hydroxylation is 1. The van der Waals surface area contributed by atoms with Gasteiger partial charge in [-0.1, -0.05) is 18.2 Å². The van der Waals surface area contributed by atoms with Gasteiger partial charge in [0, 0.05) is 24.4 Å². The lowest BCUT2D eigenvalue weighted by Gasteiger charge is -2.10. The molecule has 0 aliphatic carbocycles. The number of nitrogens with two attached hydrogens (primary N) is 1. The average Bonchev–Trinajstić information content (AvgIpc) is 2.36. The van der Waals surface area contributed by atoms with Crippen molar-refractivity contribution in [2.75, 3.05) is 0 Å². The lowest BCUT2D eigenvalue weighted by molar-refractivity contribution is -0.118. The highest BCUT2D eigenvalue weighted by Crippen LogP contribution is 2.17. The van der Waals surface area contributed by atoms with Crippen molar-refractivity contribution in [3.8, 4) is 0 Å². The van der Waals surface area contributed by atoms with Crippen molar-refractivity contribution in [3.05, 3.63) is 46.2 Å². The van der Waals surface area contributed by atoms with Crippen LogP contribution in [0, 0.1) is 0 Å². The Bertz CT molecular complexity index is 718. The van der Waals surface area contributed by atoms with Crippen molar-refractivity contribution in [1.82, 2.24) is 4.57 Å². The minimum atomic E-state index is -1.16. The number of amides is 1. The summed E-state index contributed by atoms with van der Waals surface area (Å²) in [5.74, 6) is -1.67. The van der Waals surface area contributed by atoms with Gasteiger partial charge in [0.25, 0.3) is 5.56 Å². The number of aromatic carboxylic acids is 1. The van der Waals surface area contributed by atoms with E-state index in [9.17, 15) is 14.4 Å². The molecule has 6 heteroatoms. The normalized spacial score (nSPS) is 10.5. The Morgan fingerprint density at radius 2 is 1.95 bits per heavy atom. The minimum Gasteiger partial charge on any atom is -0.478 e. The molecule has 2 aromatic rings. The third-order valence-corrected chi connectivity index (χ3v) is 2.83. The van der Waals surface area contributed by atoms with Gasteiger partial charge in [0.2, 0.25) is 5.91 Å². The molecule has 3 N–H and O–H groups in total. The Balaban J connectivity index is 2.68. The van der Waals surface area contributed by atoms with Gasteiger partial charge >= 0.3 is 5.97 Å². The highest BCUT2D eigenvalue weighted by Gasteiger charge is 2.13. The van der Waals surface area contributed by atoms with Gasteiger partial charge in [-0.05, 0) is 6.07 Å². The summed E-state index contributed by atoms with van der Waals surface area (Å²) in [5.41, 5.74) is 5.04. The van der Waals surface area contributed by atoms with Gasteiger partial charge in [0.1, 0.15) is 0 Å². The van der Waals surface area contributed by atoms with Crippen LogP contribution >= 0.6 is 0 Å². The Morgan fingerprint density at radius 1 is 1.26 bits per heavy atom. The third kappa shape index (κ3) is 2.47. The summed E-state index contributed by atoms with van der Waals surface area (Å²) in [4.78, 5) is 33.8. The molecule has 0 spiro atoms. The van der Waals surface area contributed by atoms with Crippen molar-refractivity contribution in [3.63, 3.8) is 0 Å². The van der Waals surface area contributed by atoms with E-state index < -0.39 is 17.4 Å². The molecular formula is C13H12N2O4. The second kappa shape index (κ2) is 4.93. The molecule has 1 aromatic carbocycles. The number of fused-ring (bicyclic) bond motifs is 1. The van der Waals surface area contributed by atoms with Crippen LogP contribution in [0.5, 0.6) is 0 Å². The number of pyridine rings is 1. The molecule has 0 bridgehead atoms. The van der Waals surface area contributed by atoms with E-state index in [1.54, 1.807) is 24.3 Å². The smallest absolute Gasteiger partial charge is 0.336 e. The Kier molecular flexibility index (Phi) is 3.33. The second-order valence-corrected chi connectivity index (χ2v) is 4.09. The van der Waals surface area contributed by atoms with E-state index in [1.807, 2.05) is 0 Å². The average molecular weight is 260 g/mol. The number of primary amides is 1. The number of carbonyl (C=O) groups is 2. The molecule has 0 atom stereocenters. The molecule has 2 rings (SSSR count). The number of para-hydroxylation sites is 1. The lowest BCUT2D eigenvalue weighted by atomic mass is 10.1. The largest absolute Gasteiger partial charge is 0.478 e. The van der Waals surface area contributed by atoms with E-state index in [4.69, 9.17) is 10.8 Å². The topological polar surface area (TPSA) is 102 Å². The number of hydrogen-bond acceptors (Lipinski definition) is 3. The quantitative estimate of drug-likeness (QED) is 0.839. The molecular weight excluding hydrogens is 248 g/mol. The van der Waals surface area contributed by atoms with Crippen LogP contribution in [0.2, 0.25) is 0 Å². The molecule has 0 unspecified atom stereocenters. The fourth-order valence-corrected chi connectivity index (χ4v) is 1.96. The summed E-state index contributed by atoms with van der Waals surface area (Å²) in [6.07, 6.45) is 0.0241. The monoisotopic (exact) mass is 260 g/mol. The molecule has 0 aliphatic heterocycles. The molecule has 1 heterocycles.